The molecule has 2 N–H and O–H groups in total. The minimum atomic E-state index is -0.547. The molecule has 2 atom stereocenters. The van der Waals surface area contributed by atoms with E-state index in [-0.39, 0.29) is 6.04 Å². The Balaban J connectivity index is 2.21. The van der Waals surface area contributed by atoms with E-state index in [4.69, 9.17) is 5.73 Å². The van der Waals surface area contributed by atoms with Gasteiger partial charge in [0.15, 0.2) is 0 Å². The maximum absolute atomic E-state index is 13.8. The summed E-state index contributed by atoms with van der Waals surface area (Å²) in [5, 5.41) is 0.524. The highest BCUT2D eigenvalue weighted by atomic mass is 32.2. The molecule has 0 spiro atoms. The molecule has 0 bridgehead atoms. The van der Waals surface area contributed by atoms with Crippen molar-refractivity contribution in [2.24, 2.45) is 5.73 Å². The van der Waals surface area contributed by atoms with Gasteiger partial charge in [-0.05, 0) is 6.07 Å². The molecule has 0 saturated carbocycles. The molecular formula is C13H18F2N2S. The highest BCUT2D eigenvalue weighted by Gasteiger charge is 2.26. The van der Waals surface area contributed by atoms with Crippen LogP contribution in [0.25, 0.3) is 0 Å². The van der Waals surface area contributed by atoms with E-state index in [0.29, 0.717) is 17.4 Å². The van der Waals surface area contributed by atoms with Crippen LogP contribution in [0.5, 0.6) is 0 Å². The molecule has 1 aromatic carbocycles. The average Bonchev–Trinajstić information content (AvgIpc) is 2.33. The van der Waals surface area contributed by atoms with Gasteiger partial charge in [0.25, 0.3) is 0 Å². The van der Waals surface area contributed by atoms with Gasteiger partial charge in [-0.3, -0.25) is 4.90 Å². The fourth-order valence-corrected chi connectivity index (χ4v) is 3.41. The van der Waals surface area contributed by atoms with Crippen LogP contribution in [0.1, 0.15) is 18.5 Å². The average molecular weight is 272 g/mol. The topological polar surface area (TPSA) is 29.3 Å². The minimum absolute atomic E-state index is 0.158. The summed E-state index contributed by atoms with van der Waals surface area (Å²) in [7, 11) is 0. The number of rotatable bonds is 3. The Hall–Kier alpha value is -0.650. The second kappa shape index (κ2) is 5.99. The molecule has 2 nitrogen and oxygen atoms in total. The van der Waals surface area contributed by atoms with Crippen LogP contribution in [-0.4, -0.2) is 35.5 Å². The number of hydrogen-bond donors (Lipinski definition) is 1. The van der Waals surface area contributed by atoms with Gasteiger partial charge in [0.05, 0.1) is 0 Å². The molecule has 18 heavy (non-hydrogen) atoms. The van der Waals surface area contributed by atoms with Crippen molar-refractivity contribution in [2.75, 3.05) is 25.4 Å². The Bertz CT molecular complexity index is 414. The van der Waals surface area contributed by atoms with Crippen molar-refractivity contribution in [3.63, 3.8) is 0 Å². The van der Waals surface area contributed by atoms with Gasteiger partial charge in [-0.1, -0.05) is 13.0 Å². The van der Waals surface area contributed by atoms with Gasteiger partial charge in [-0.15, -0.1) is 0 Å². The Labute approximate surface area is 111 Å². The molecule has 5 heteroatoms. The van der Waals surface area contributed by atoms with Crippen LogP contribution in [0, 0.1) is 11.6 Å². The van der Waals surface area contributed by atoms with E-state index in [1.165, 1.54) is 12.1 Å². The standard InChI is InChI=1S/C13H18F2N2S/c1-9-8-17(4-5-18-9)13(7-16)11-3-2-10(14)6-12(11)15/h2-3,6,9,13H,4-5,7-8,16H2,1H3. The molecule has 100 valence electrons. The molecule has 1 saturated heterocycles. The Kier molecular flexibility index (Phi) is 4.59. The van der Waals surface area contributed by atoms with Gasteiger partial charge in [0, 0.05) is 48.3 Å². The van der Waals surface area contributed by atoms with Crippen molar-refractivity contribution in [1.29, 1.82) is 0 Å². The van der Waals surface area contributed by atoms with Gasteiger partial charge in [-0.25, -0.2) is 8.78 Å². The predicted molar refractivity (Wildman–Crippen MR) is 71.6 cm³/mol. The summed E-state index contributed by atoms with van der Waals surface area (Å²) in [6, 6.07) is 3.58. The van der Waals surface area contributed by atoms with Crippen LogP contribution in [-0.2, 0) is 0 Å². The van der Waals surface area contributed by atoms with Crippen LogP contribution >= 0.6 is 11.8 Å². The largest absolute Gasteiger partial charge is 0.329 e. The van der Waals surface area contributed by atoms with Gasteiger partial charge < -0.3 is 5.73 Å². The molecule has 2 rings (SSSR count). The molecule has 0 aliphatic carbocycles. The zero-order chi connectivity index (χ0) is 13.1. The first kappa shape index (κ1) is 13.8. The number of thioether (sulfide) groups is 1. The maximum Gasteiger partial charge on any atom is 0.130 e. The predicted octanol–water partition coefficient (Wildman–Crippen LogP) is 2.40. The van der Waals surface area contributed by atoms with Gasteiger partial charge in [0.1, 0.15) is 11.6 Å². The van der Waals surface area contributed by atoms with E-state index in [1.54, 1.807) is 0 Å². The van der Waals surface area contributed by atoms with Crippen molar-refractivity contribution in [3.8, 4) is 0 Å². The van der Waals surface area contributed by atoms with E-state index in [9.17, 15) is 8.78 Å². The Morgan fingerprint density at radius 3 is 2.89 bits per heavy atom. The summed E-state index contributed by atoms with van der Waals surface area (Å²) in [5.74, 6) is -0.0218. The van der Waals surface area contributed by atoms with E-state index < -0.39 is 11.6 Å². The lowest BCUT2D eigenvalue weighted by Crippen LogP contribution is -2.42. The summed E-state index contributed by atoms with van der Waals surface area (Å²) in [5.41, 5.74) is 6.28. The molecule has 0 amide bonds. The summed E-state index contributed by atoms with van der Waals surface area (Å²) >= 11 is 1.92. The van der Waals surface area contributed by atoms with E-state index in [2.05, 4.69) is 11.8 Å². The number of nitrogens with zero attached hydrogens (tertiary/aromatic N) is 1. The SMILES string of the molecule is CC1CN(C(CN)c2ccc(F)cc2F)CCS1. The minimum Gasteiger partial charge on any atom is -0.329 e. The smallest absolute Gasteiger partial charge is 0.130 e. The van der Waals surface area contributed by atoms with E-state index in [0.717, 1.165) is 24.9 Å². The second-order valence-corrected chi connectivity index (χ2v) is 6.14. The lowest BCUT2D eigenvalue weighted by molar-refractivity contribution is 0.207. The quantitative estimate of drug-likeness (QED) is 0.916. The summed E-state index contributed by atoms with van der Waals surface area (Å²) < 4.78 is 26.7. The lowest BCUT2D eigenvalue weighted by Gasteiger charge is -2.36. The number of nitrogens with two attached hydrogens (primary N) is 1. The Morgan fingerprint density at radius 2 is 2.28 bits per heavy atom. The number of benzene rings is 1. The summed E-state index contributed by atoms with van der Waals surface area (Å²) in [6.45, 7) is 4.29. The van der Waals surface area contributed by atoms with Crippen LogP contribution in [0.2, 0.25) is 0 Å². The van der Waals surface area contributed by atoms with Gasteiger partial charge >= 0.3 is 0 Å². The molecule has 0 radical (unpaired) electrons. The molecule has 1 fully saturated rings. The number of halogens is 2. The van der Waals surface area contributed by atoms with Crippen molar-refractivity contribution < 1.29 is 8.78 Å². The first-order chi connectivity index (χ1) is 8.61. The highest BCUT2D eigenvalue weighted by Crippen LogP contribution is 2.28. The van der Waals surface area contributed by atoms with Crippen LogP contribution in [0.15, 0.2) is 18.2 Å². The normalized spacial score (nSPS) is 23.0. The highest BCUT2D eigenvalue weighted by molar-refractivity contribution is 7.99. The fourth-order valence-electron chi connectivity index (χ4n) is 2.37. The zero-order valence-corrected chi connectivity index (χ0v) is 11.2. The third kappa shape index (κ3) is 3.02. The lowest BCUT2D eigenvalue weighted by atomic mass is 10.0. The molecule has 1 aromatic rings. The zero-order valence-electron chi connectivity index (χ0n) is 10.4. The van der Waals surface area contributed by atoms with Crippen LogP contribution in [0.4, 0.5) is 8.78 Å². The van der Waals surface area contributed by atoms with E-state index >= 15 is 0 Å². The van der Waals surface area contributed by atoms with Crippen molar-refractivity contribution >= 4 is 11.8 Å². The first-order valence-corrected chi connectivity index (χ1v) is 7.17. The van der Waals surface area contributed by atoms with Crippen molar-refractivity contribution in [2.45, 2.75) is 18.2 Å². The van der Waals surface area contributed by atoms with Crippen molar-refractivity contribution in [3.05, 3.63) is 35.4 Å². The molecule has 1 heterocycles. The molecule has 1 aliphatic heterocycles. The molecule has 2 unspecified atom stereocenters. The maximum atomic E-state index is 13.8. The Morgan fingerprint density at radius 1 is 1.50 bits per heavy atom. The third-order valence-corrected chi connectivity index (χ3v) is 4.39. The van der Waals surface area contributed by atoms with Crippen molar-refractivity contribution in [1.82, 2.24) is 4.90 Å². The molecule has 1 aliphatic rings. The summed E-state index contributed by atoms with van der Waals surface area (Å²) in [4.78, 5) is 2.19. The molecular weight excluding hydrogens is 254 g/mol. The van der Waals surface area contributed by atoms with Gasteiger partial charge in [0.2, 0.25) is 0 Å². The van der Waals surface area contributed by atoms with E-state index in [1.807, 2.05) is 11.8 Å². The number of hydrogen-bond acceptors (Lipinski definition) is 3. The summed E-state index contributed by atoms with van der Waals surface area (Å²) in [6.07, 6.45) is 0. The van der Waals surface area contributed by atoms with Crippen LogP contribution in [0.3, 0.4) is 0 Å². The van der Waals surface area contributed by atoms with Gasteiger partial charge in [-0.2, -0.15) is 11.8 Å². The first-order valence-electron chi connectivity index (χ1n) is 6.12. The monoisotopic (exact) mass is 272 g/mol. The third-order valence-electron chi connectivity index (χ3n) is 3.26. The second-order valence-electron chi connectivity index (χ2n) is 4.59. The fraction of sp³-hybridized carbons (Fsp3) is 0.538. The van der Waals surface area contributed by atoms with Crippen LogP contribution < -0.4 is 5.73 Å². The molecule has 0 aromatic heterocycles.